The number of rotatable bonds is 5. The van der Waals surface area contributed by atoms with Gasteiger partial charge < -0.3 is 4.98 Å². The number of nitrogens with one attached hydrogen (secondary N) is 1. The topological polar surface area (TPSA) is 28.7 Å². The maximum Gasteiger partial charge on any atom is 0.109 e. The second-order valence-corrected chi connectivity index (χ2v) is 5.55. The number of fused-ring (bicyclic) bond motifs is 1. The Morgan fingerprint density at radius 3 is 2.59 bits per heavy atom. The highest BCUT2D eigenvalue weighted by atomic mass is 15.0. The Bertz CT molecular complexity index is 348. The lowest BCUT2D eigenvalue weighted by Gasteiger charge is -2.15. The predicted molar refractivity (Wildman–Crippen MR) is 72.5 cm³/mol. The molecule has 0 aromatic carbocycles. The first-order valence-electron chi connectivity index (χ1n) is 7.34. The Balaban J connectivity index is 2.19. The lowest BCUT2D eigenvalue weighted by atomic mass is 9.92. The number of aromatic nitrogens is 2. The first-order valence-corrected chi connectivity index (χ1v) is 7.34. The molecule has 1 unspecified atom stereocenters. The number of imidazole rings is 1. The molecule has 1 aliphatic carbocycles. The van der Waals surface area contributed by atoms with Gasteiger partial charge in [0.05, 0.1) is 5.69 Å². The Labute approximate surface area is 105 Å². The second kappa shape index (κ2) is 5.70. The zero-order chi connectivity index (χ0) is 12.3. The first-order chi connectivity index (χ1) is 8.26. The van der Waals surface area contributed by atoms with E-state index in [4.69, 9.17) is 4.98 Å². The fourth-order valence-electron chi connectivity index (χ4n) is 3.07. The van der Waals surface area contributed by atoms with E-state index in [1.807, 2.05) is 0 Å². The van der Waals surface area contributed by atoms with Crippen molar-refractivity contribution in [2.45, 2.75) is 77.6 Å². The van der Waals surface area contributed by atoms with Gasteiger partial charge in [-0.25, -0.2) is 4.98 Å². The minimum atomic E-state index is 0.655. The van der Waals surface area contributed by atoms with E-state index >= 15 is 0 Å². The van der Waals surface area contributed by atoms with Crippen LogP contribution in [0.1, 0.15) is 88.3 Å². The number of aromatic amines is 1. The van der Waals surface area contributed by atoms with Crippen molar-refractivity contribution in [2.24, 2.45) is 0 Å². The van der Waals surface area contributed by atoms with E-state index in [-0.39, 0.29) is 0 Å². The molecule has 17 heavy (non-hydrogen) atoms. The largest absolute Gasteiger partial charge is 0.345 e. The normalized spacial score (nSPS) is 19.6. The summed E-state index contributed by atoms with van der Waals surface area (Å²) in [5.74, 6) is 2.59. The molecule has 1 aliphatic rings. The molecule has 0 fully saturated rings. The maximum absolute atomic E-state index is 4.91. The Morgan fingerprint density at radius 2 is 2.00 bits per heavy atom. The molecule has 2 nitrogen and oxygen atoms in total. The van der Waals surface area contributed by atoms with E-state index < -0.39 is 0 Å². The fourth-order valence-corrected chi connectivity index (χ4v) is 3.07. The summed E-state index contributed by atoms with van der Waals surface area (Å²) >= 11 is 0. The summed E-state index contributed by atoms with van der Waals surface area (Å²) in [6.45, 7) is 6.86. The van der Waals surface area contributed by atoms with Crippen molar-refractivity contribution in [3.05, 3.63) is 17.2 Å². The van der Waals surface area contributed by atoms with Gasteiger partial charge in [0.15, 0.2) is 0 Å². The summed E-state index contributed by atoms with van der Waals surface area (Å²) in [7, 11) is 0. The quantitative estimate of drug-likeness (QED) is 0.796. The van der Waals surface area contributed by atoms with E-state index in [0.717, 1.165) is 0 Å². The molecular weight excluding hydrogens is 208 g/mol. The van der Waals surface area contributed by atoms with Crippen LogP contribution in [0.5, 0.6) is 0 Å². The van der Waals surface area contributed by atoms with E-state index in [1.54, 1.807) is 0 Å². The molecule has 2 heteroatoms. The highest BCUT2D eigenvalue weighted by Crippen LogP contribution is 2.32. The van der Waals surface area contributed by atoms with Crippen LogP contribution in [0.3, 0.4) is 0 Å². The van der Waals surface area contributed by atoms with Gasteiger partial charge in [0.2, 0.25) is 0 Å². The van der Waals surface area contributed by atoms with Gasteiger partial charge in [0.25, 0.3) is 0 Å². The standard InChI is InChI=1S/C15H26N2/c1-4-7-12(8-5-2)15-16-13-10-6-9-11(3)14(13)17-15/h11-12H,4-10H2,1-3H3,(H,16,17). The van der Waals surface area contributed by atoms with Crippen molar-refractivity contribution in [2.75, 3.05) is 0 Å². The minimum Gasteiger partial charge on any atom is -0.345 e. The number of aryl methyl sites for hydroxylation is 1. The van der Waals surface area contributed by atoms with Crippen molar-refractivity contribution < 1.29 is 0 Å². The molecule has 0 spiro atoms. The smallest absolute Gasteiger partial charge is 0.109 e. The summed E-state index contributed by atoms with van der Waals surface area (Å²) < 4.78 is 0. The monoisotopic (exact) mass is 234 g/mol. The molecule has 0 radical (unpaired) electrons. The molecule has 1 atom stereocenters. The average molecular weight is 234 g/mol. The summed E-state index contributed by atoms with van der Waals surface area (Å²) in [5.41, 5.74) is 2.79. The molecule has 1 heterocycles. The average Bonchev–Trinajstić information content (AvgIpc) is 2.74. The molecule has 0 saturated carbocycles. The van der Waals surface area contributed by atoms with E-state index in [2.05, 4.69) is 25.8 Å². The van der Waals surface area contributed by atoms with Crippen LogP contribution in [0.2, 0.25) is 0 Å². The van der Waals surface area contributed by atoms with E-state index in [9.17, 15) is 0 Å². The fraction of sp³-hybridized carbons (Fsp3) is 0.800. The Hall–Kier alpha value is -0.790. The van der Waals surface area contributed by atoms with Crippen LogP contribution in [0.4, 0.5) is 0 Å². The number of hydrogen-bond acceptors (Lipinski definition) is 1. The van der Waals surface area contributed by atoms with Gasteiger partial charge in [0, 0.05) is 17.5 Å². The molecule has 0 bridgehead atoms. The third kappa shape index (κ3) is 2.72. The van der Waals surface area contributed by atoms with Gasteiger partial charge in [-0.3, -0.25) is 0 Å². The van der Waals surface area contributed by atoms with Crippen molar-refractivity contribution in [3.63, 3.8) is 0 Å². The maximum atomic E-state index is 4.91. The van der Waals surface area contributed by atoms with Crippen LogP contribution in [-0.4, -0.2) is 9.97 Å². The van der Waals surface area contributed by atoms with Crippen LogP contribution >= 0.6 is 0 Å². The molecule has 0 amide bonds. The van der Waals surface area contributed by atoms with E-state index in [0.29, 0.717) is 11.8 Å². The van der Waals surface area contributed by atoms with Gasteiger partial charge >= 0.3 is 0 Å². The van der Waals surface area contributed by atoms with Gasteiger partial charge in [-0.2, -0.15) is 0 Å². The van der Waals surface area contributed by atoms with Gasteiger partial charge in [-0.15, -0.1) is 0 Å². The number of hydrogen-bond donors (Lipinski definition) is 1. The van der Waals surface area contributed by atoms with Crippen molar-refractivity contribution in [3.8, 4) is 0 Å². The van der Waals surface area contributed by atoms with Crippen molar-refractivity contribution in [1.29, 1.82) is 0 Å². The third-order valence-electron chi connectivity index (χ3n) is 4.02. The van der Waals surface area contributed by atoms with Crippen molar-refractivity contribution in [1.82, 2.24) is 9.97 Å². The predicted octanol–water partition coefficient (Wildman–Crippen LogP) is 4.53. The SMILES string of the molecule is CCCC(CCC)c1nc2c([nH]1)CCCC2C. The van der Waals surface area contributed by atoms with Crippen LogP contribution < -0.4 is 0 Å². The van der Waals surface area contributed by atoms with Gasteiger partial charge in [-0.1, -0.05) is 33.6 Å². The van der Waals surface area contributed by atoms with Gasteiger partial charge in [0.1, 0.15) is 5.82 Å². The lowest BCUT2D eigenvalue weighted by molar-refractivity contribution is 0.536. The highest BCUT2D eigenvalue weighted by Gasteiger charge is 2.23. The molecule has 1 aromatic rings. The third-order valence-corrected chi connectivity index (χ3v) is 4.02. The molecule has 1 aromatic heterocycles. The molecule has 0 saturated heterocycles. The zero-order valence-corrected chi connectivity index (χ0v) is 11.6. The number of nitrogens with zero attached hydrogens (tertiary/aromatic N) is 1. The summed E-state index contributed by atoms with van der Waals surface area (Å²) in [4.78, 5) is 8.54. The minimum absolute atomic E-state index is 0.655. The van der Waals surface area contributed by atoms with E-state index in [1.165, 1.54) is 62.2 Å². The molecule has 1 N–H and O–H groups in total. The van der Waals surface area contributed by atoms with Crippen LogP contribution in [0.25, 0.3) is 0 Å². The number of H-pyrrole nitrogens is 1. The molecule has 0 aliphatic heterocycles. The summed E-state index contributed by atoms with van der Waals surface area (Å²) in [6, 6.07) is 0. The first kappa shape index (κ1) is 12.7. The summed E-state index contributed by atoms with van der Waals surface area (Å²) in [6.07, 6.45) is 8.89. The summed E-state index contributed by atoms with van der Waals surface area (Å²) in [5, 5.41) is 0. The van der Waals surface area contributed by atoms with Crippen LogP contribution in [0.15, 0.2) is 0 Å². The Kier molecular flexibility index (Phi) is 4.25. The molecular formula is C15H26N2. The highest BCUT2D eigenvalue weighted by molar-refractivity contribution is 5.22. The Morgan fingerprint density at radius 1 is 1.29 bits per heavy atom. The van der Waals surface area contributed by atoms with Crippen LogP contribution in [0, 0.1) is 0 Å². The lowest BCUT2D eigenvalue weighted by Crippen LogP contribution is -2.05. The molecule has 96 valence electrons. The van der Waals surface area contributed by atoms with Crippen molar-refractivity contribution >= 4 is 0 Å². The van der Waals surface area contributed by atoms with Gasteiger partial charge in [-0.05, 0) is 32.1 Å². The zero-order valence-electron chi connectivity index (χ0n) is 11.6. The second-order valence-electron chi connectivity index (χ2n) is 5.55. The molecule has 2 rings (SSSR count). The van der Waals surface area contributed by atoms with Crippen LogP contribution in [-0.2, 0) is 6.42 Å².